The van der Waals surface area contributed by atoms with Gasteiger partial charge in [-0.2, -0.15) is 0 Å². The largest absolute Gasteiger partial charge is 0.391 e. The summed E-state index contributed by atoms with van der Waals surface area (Å²) in [5.74, 6) is -1.44. The number of amides is 1. The molecule has 0 aromatic rings. The number of hydrogen-bond acceptors (Lipinski definition) is 4. The van der Waals surface area contributed by atoms with Crippen LogP contribution < -0.4 is 5.32 Å². The SMILES string of the molecule is CCCCCCCCCCCCC(C(C)=O)C(=O)NC(C)(O)CO. The van der Waals surface area contributed by atoms with Crippen LogP contribution in [0.1, 0.15) is 91.4 Å². The van der Waals surface area contributed by atoms with E-state index in [0.717, 1.165) is 19.3 Å². The molecule has 3 N–H and O–H groups in total. The predicted octanol–water partition coefficient (Wildman–Crippen LogP) is 3.32. The molecule has 0 radical (unpaired) electrons. The van der Waals surface area contributed by atoms with Crippen molar-refractivity contribution in [3.05, 3.63) is 0 Å². The lowest BCUT2D eigenvalue weighted by molar-refractivity contribution is -0.139. The van der Waals surface area contributed by atoms with E-state index in [9.17, 15) is 14.7 Å². The quantitative estimate of drug-likeness (QED) is 0.242. The Morgan fingerprint density at radius 3 is 1.83 bits per heavy atom. The molecule has 2 atom stereocenters. The summed E-state index contributed by atoms with van der Waals surface area (Å²) in [4.78, 5) is 23.7. The highest BCUT2D eigenvalue weighted by molar-refractivity contribution is 6.00. The van der Waals surface area contributed by atoms with Crippen molar-refractivity contribution < 1.29 is 19.8 Å². The molecule has 1 amide bonds. The highest BCUT2D eigenvalue weighted by Crippen LogP contribution is 2.15. The maximum absolute atomic E-state index is 12.0. The number of hydrogen-bond donors (Lipinski definition) is 3. The summed E-state index contributed by atoms with van der Waals surface area (Å²) in [5.41, 5.74) is -1.68. The molecule has 0 aromatic carbocycles. The van der Waals surface area contributed by atoms with Crippen LogP contribution in [-0.4, -0.2) is 34.2 Å². The first kappa shape index (κ1) is 23.1. The maximum atomic E-state index is 12.0. The number of Topliss-reactive ketones (excluding diaryl/α,β-unsaturated/α-hetero) is 1. The van der Waals surface area contributed by atoms with Gasteiger partial charge in [0.2, 0.25) is 5.91 Å². The molecule has 0 aliphatic rings. The molecule has 2 unspecified atom stereocenters. The van der Waals surface area contributed by atoms with Crippen LogP contribution >= 0.6 is 0 Å². The number of aliphatic hydroxyl groups is 2. The molecule has 0 heterocycles. The minimum Gasteiger partial charge on any atom is -0.391 e. The van der Waals surface area contributed by atoms with Gasteiger partial charge in [-0.25, -0.2) is 0 Å². The average molecular weight is 344 g/mol. The third-order valence-electron chi connectivity index (χ3n) is 4.35. The van der Waals surface area contributed by atoms with Crippen molar-refractivity contribution in [2.75, 3.05) is 6.61 Å². The minimum atomic E-state index is -1.68. The smallest absolute Gasteiger partial charge is 0.232 e. The van der Waals surface area contributed by atoms with Crippen LogP contribution in [0.3, 0.4) is 0 Å². The van der Waals surface area contributed by atoms with Gasteiger partial charge in [-0.15, -0.1) is 0 Å². The fraction of sp³-hybridized carbons (Fsp3) is 0.895. The number of carbonyl (C=O) groups excluding carboxylic acids is 2. The zero-order chi connectivity index (χ0) is 18.4. The predicted molar refractivity (Wildman–Crippen MR) is 96.5 cm³/mol. The molecule has 24 heavy (non-hydrogen) atoms. The van der Waals surface area contributed by atoms with E-state index < -0.39 is 24.2 Å². The molecule has 0 aromatic heterocycles. The molecule has 0 saturated carbocycles. The Morgan fingerprint density at radius 1 is 0.958 bits per heavy atom. The molecule has 0 rings (SSSR count). The maximum Gasteiger partial charge on any atom is 0.232 e. The summed E-state index contributed by atoms with van der Waals surface area (Å²) in [6.45, 7) is 4.35. The minimum absolute atomic E-state index is 0.197. The summed E-state index contributed by atoms with van der Waals surface area (Å²) < 4.78 is 0. The van der Waals surface area contributed by atoms with Gasteiger partial charge in [-0.1, -0.05) is 71.1 Å². The van der Waals surface area contributed by atoms with E-state index in [1.54, 1.807) is 0 Å². The van der Waals surface area contributed by atoms with E-state index in [-0.39, 0.29) is 5.78 Å². The summed E-state index contributed by atoms with van der Waals surface area (Å²) in [6, 6.07) is 0. The van der Waals surface area contributed by atoms with Crippen LogP contribution in [0.5, 0.6) is 0 Å². The zero-order valence-electron chi connectivity index (χ0n) is 15.8. The highest BCUT2D eigenvalue weighted by atomic mass is 16.3. The zero-order valence-corrected chi connectivity index (χ0v) is 15.8. The van der Waals surface area contributed by atoms with E-state index in [1.807, 2.05) is 0 Å². The van der Waals surface area contributed by atoms with Gasteiger partial charge in [-0.05, 0) is 20.3 Å². The molecule has 5 nitrogen and oxygen atoms in total. The highest BCUT2D eigenvalue weighted by Gasteiger charge is 2.29. The lowest BCUT2D eigenvalue weighted by Crippen LogP contribution is -2.51. The molecule has 0 saturated heterocycles. The van der Waals surface area contributed by atoms with Crippen molar-refractivity contribution in [3.63, 3.8) is 0 Å². The van der Waals surface area contributed by atoms with Crippen molar-refractivity contribution in [1.29, 1.82) is 0 Å². The van der Waals surface area contributed by atoms with E-state index in [2.05, 4.69) is 12.2 Å². The molecule has 0 aliphatic heterocycles. The van der Waals surface area contributed by atoms with Gasteiger partial charge >= 0.3 is 0 Å². The molecule has 142 valence electrons. The standard InChI is InChI=1S/C19H37NO4/c1-4-5-6-7-8-9-10-11-12-13-14-17(16(2)22)18(23)20-19(3,24)15-21/h17,21,24H,4-15H2,1-3H3,(H,20,23). The van der Waals surface area contributed by atoms with Gasteiger partial charge in [0.15, 0.2) is 5.72 Å². The van der Waals surface area contributed by atoms with E-state index in [4.69, 9.17) is 5.11 Å². The van der Waals surface area contributed by atoms with Gasteiger partial charge in [0.1, 0.15) is 5.78 Å². The Morgan fingerprint density at radius 2 is 1.42 bits per heavy atom. The van der Waals surface area contributed by atoms with Gasteiger partial charge in [0.25, 0.3) is 0 Å². The summed E-state index contributed by atoms with van der Waals surface area (Å²) in [6.07, 6.45) is 12.5. The summed E-state index contributed by atoms with van der Waals surface area (Å²) in [5, 5.41) is 21.0. The van der Waals surface area contributed by atoms with Crippen molar-refractivity contribution in [1.82, 2.24) is 5.32 Å². The number of aliphatic hydroxyl groups excluding tert-OH is 1. The molecule has 5 heteroatoms. The molecule has 0 aliphatic carbocycles. The number of ketones is 1. The summed E-state index contributed by atoms with van der Waals surface area (Å²) in [7, 11) is 0. The molecular weight excluding hydrogens is 306 g/mol. The topological polar surface area (TPSA) is 86.6 Å². The Balaban J connectivity index is 3.87. The number of rotatable bonds is 15. The van der Waals surface area contributed by atoms with Crippen LogP contribution in [0.15, 0.2) is 0 Å². The number of nitrogens with one attached hydrogen (secondary N) is 1. The van der Waals surface area contributed by atoms with Crippen LogP contribution in [-0.2, 0) is 9.59 Å². The Bertz CT molecular complexity index is 355. The van der Waals surface area contributed by atoms with Crippen molar-refractivity contribution in [2.45, 2.75) is 97.1 Å². The Labute approximate surface area is 147 Å². The molecule has 0 spiro atoms. The van der Waals surface area contributed by atoms with Gasteiger partial charge in [-0.3, -0.25) is 9.59 Å². The average Bonchev–Trinajstić information content (AvgIpc) is 2.51. The van der Waals surface area contributed by atoms with Gasteiger partial charge < -0.3 is 15.5 Å². The first-order valence-electron chi connectivity index (χ1n) is 9.49. The molecular formula is C19H37NO4. The molecule has 0 bridgehead atoms. The second kappa shape index (κ2) is 13.4. The van der Waals surface area contributed by atoms with Gasteiger partial charge in [0.05, 0.1) is 12.5 Å². The Hall–Kier alpha value is -0.940. The van der Waals surface area contributed by atoms with Crippen molar-refractivity contribution >= 4 is 11.7 Å². The Kier molecular flexibility index (Phi) is 12.8. The lowest BCUT2D eigenvalue weighted by Gasteiger charge is -2.24. The van der Waals surface area contributed by atoms with Crippen LogP contribution in [0, 0.1) is 5.92 Å². The second-order valence-corrected chi connectivity index (χ2v) is 7.06. The van der Waals surface area contributed by atoms with Crippen molar-refractivity contribution in [3.8, 4) is 0 Å². The fourth-order valence-electron chi connectivity index (χ4n) is 2.75. The normalized spacial score (nSPS) is 14.9. The van der Waals surface area contributed by atoms with E-state index in [1.165, 1.54) is 58.8 Å². The second-order valence-electron chi connectivity index (χ2n) is 7.06. The van der Waals surface area contributed by atoms with Gasteiger partial charge in [0, 0.05) is 0 Å². The summed E-state index contributed by atoms with van der Waals surface area (Å²) >= 11 is 0. The van der Waals surface area contributed by atoms with E-state index >= 15 is 0 Å². The first-order chi connectivity index (χ1) is 11.3. The molecule has 0 fully saturated rings. The van der Waals surface area contributed by atoms with Crippen LogP contribution in [0.25, 0.3) is 0 Å². The first-order valence-corrected chi connectivity index (χ1v) is 9.49. The van der Waals surface area contributed by atoms with Crippen LogP contribution in [0.2, 0.25) is 0 Å². The monoisotopic (exact) mass is 343 g/mol. The fourth-order valence-corrected chi connectivity index (χ4v) is 2.75. The number of carbonyl (C=O) groups is 2. The lowest BCUT2D eigenvalue weighted by atomic mass is 9.95. The third kappa shape index (κ3) is 11.6. The van der Waals surface area contributed by atoms with Crippen molar-refractivity contribution in [2.24, 2.45) is 5.92 Å². The number of unbranched alkanes of at least 4 members (excludes halogenated alkanes) is 9. The third-order valence-corrected chi connectivity index (χ3v) is 4.35. The van der Waals surface area contributed by atoms with Crippen LogP contribution in [0.4, 0.5) is 0 Å². The van der Waals surface area contributed by atoms with E-state index in [0.29, 0.717) is 6.42 Å².